The Labute approximate surface area is 205 Å². The molecule has 0 radical (unpaired) electrons. The van der Waals surface area contributed by atoms with E-state index in [1.165, 1.54) is 0 Å². The van der Waals surface area contributed by atoms with E-state index in [1.807, 2.05) is 18.2 Å². The fraction of sp³-hybridized carbons (Fsp3) is 0.481. The second-order valence-electron chi connectivity index (χ2n) is 9.61. The zero-order valence-electron chi connectivity index (χ0n) is 20.7. The SMILES string of the molecule is COc1cccc(N2CCCC2C2CC(C(=O)N(C)C)=Cc3c2oc(N2CCOCC2)cc3=O)c1. The van der Waals surface area contributed by atoms with E-state index in [-0.39, 0.29) is 23.3 Å². The molecule has 2 atom stereocenters. The Kier molecular flexibility index (Phi) is 6.56. The Morgan fingerprint density at radius 2 is 1.94 bits per heavy atom. The van der Waals surface area contributed by atoms with Crippen molar-refractivity contribution in [3.8, 4) is 5.75 Å². The molecule has 0 bridgehead atoms. The van der Waals surface area contributed by atoms with Crippen molar-refractivity contribution in [1.29, 1.82) is 0 Å². The van der Waals surface area contributed by atoms with Crippen molar-refractivity contribution >= 4 is 23.6 Å². The normalized spacial score (nSPS) is 22.0. The fourth-order valence-electron chi connectivity index (χ4n) is 5.50. The van der Waals surface area contributed by atoms with Crippen LogP contribution in [0.3, 0.4) is 0 Å². The summed E-state index contributed by atoms with van der Waals surface area (Å²) >= 11 is 0. The molecule has 8 nitrogen and oxygen atoms in total. The lowest BCUT2D eigenvalue weighted by atomic mass is 9.81. The molecular formula is C27H33N3O5. The molecule has 0 spiro atoms. The van der Waals surface area contributed by atoms with E-state index in [2.05, 4.69) is 15.9 Å². The Balaban J connectivity index is 1.58. The maximum atomic E-state index is 13.3. The van der Waals surface area contributed by atoms with E-state index >= 15 is 0 Å². The molecule has 1 aromatic carbocycles. The van der Waals surface area contributed by atoms with Crippen molar-refractivity contribution < 1.29 is 18.7 Å². The van der Waals surface area contributed by atoms with Crippen LogP contribution in [0.1, 0.15) is 36.5 Å². The number of hydrogen-bond acceptors (Lipinski definition) is 7. The summed E-state index contributed by atoms with van der Waals surface area (Å²) in [6, 6.07) is 9.74. The summed E-state index contributed by atoms with van der Waals surface area (Å²) in [6.45, 7) is 3.49. The quantitative estimate of drug-likeness (QED) is 0.652. The zero-order chi connectivity index (χ0) is 24.5. The van der Waals surface area contributed by atoms with E-state index in [1.54, 1.807) is 38.2 Å². The van der Waals surface area contributed by atoms with Crippen molar-refractivity contribution in [1.82, 2.24) is 4.90 Å². The maximum Gasteiger partial charge on any atom is 0.249 e. The van der Waals surface area contributed by atoms with E-state index in [0.717, 1.165) is 30.8 Å². The van der Waals surface area contributed by atoms with E-state index < -0.39 is 0 Å². The number of nitrogens with zero attached hydrogens (tertiary/aromatic N) is 3. The highest BCUT2D eigenvalue weighted by Crippen LogP contribution is 2.43. The third-order valence-corrected chi connectivity index (χ3v) is 7.25. The standard InChI is InChI=1S/C27H33N3O5/c1-28(2)27(32)18-14-21(23-8-5-9-30(23)19-6-4-7-20(16-19)33-3)26-22(15-18)24(31)17-25(35-26)29-10-12-34-13-11-29/h4,6-7,15-17,21,23H,5,8-14H2,1-3H3. The van der Waals surface area contributed by atoms with Gasteiger partial charge >= 0.3 is 0 Å². The monoisotopic (exact) mass is 479 g/mol. The van der Waals surface area contributed by atoms with Gasteiger partial charge in [-0.1, -0.05) is 6.07 Å². The van der Waals surface area contributed by atoms with Crippen molar-refractivity contribution in [2.75, 3.05) is 63.9 Å². The molecule has 2 fully saturated rings. The first-order valence-corrected chi connectivity index (χ1v) is 12.3. The lowest BCUT2D eigenvalue weighted by molar-refractivity contribution is -0.124. The van der Waals surface area contributed by atoms with E-state index in [0.29, 0.717) is 55.5 Å². The van der Waals surface area contributed by atoms with Gasteiger partial charge in [-0.05, 0) is 37.5 Å². The Morgan fingerprint density at radius 1 is 1.14 bits per heavy atom. The van der Waals surface area contributed by atoms with Gasteiger partial charge in [-0.25, -0.2) is 0 Å². The molecule has 2 saturated heterocycles. The molecule has 1 aliphatic carbocycles. The van der Waals surface area contributed by atoms with Gasteiger partial charge < -0.3 is 28.6 Å². The Hall–Kier alpha value is -3.26. The highest BCUT2D eigenvalue weighted by Gasteiger charge is 2.40. The van der Waals surface area contributed by atoms with Crippen LogP contribution < -0.4 is 20.0 Å². The predicted molar refractivity (Wildman–Crippen MR) is 135 cm³/mol. The zero-order valence-corrected chi connectivity index (χ0v) is 20.7. The van der Waals surface area contributed by atoms with Gasteiger partial charge in [0.1, 0.15) is 11.5 Å². The van der Waals surface area contributed by atoms with Crippen LogP contribution in [0.25, 0.3) is 6.08 Å². The molecule has 35 heavy (non-hydrogen) atoms. The summed E-state index contributed by atoms with van der Waals surface area (Å²) in [4.78, 5) is 32.4. The summed E-state index contributed by atoms with van der Waals surface area (Å²) < 4.78 is 17.5. The van der Waals surface area contributed by atoms with Crippen LogP contribution in [0, 0.1) is 0 Å². The molecule has 1 aromatic heterocycles. The first-order chi connectivity index (χ1) is 17.0. The number of hydrogen-bond donors (Lipinski definition) is 0. The van der Waals surface area contributed by atoms with Gasteiger partial charge in [0.15, 0.2) is 11.3 Å². The molecule has 3 aliphatic rings. The smallest absolute Gasteiger partial charge is 0.249 e. The summed E-state index contributed by atoms with van der Waals surface area (Å²) in [5.74, 6) is 1.90. The van der Waals surface area contributed by atoms with Crippen LogP contribution in [-0.4, -0.2) is 70.9 Å². The van der Waals surface area contributed by atoms with Gasteiger partial charge in [-0.2, -0.15) is 0 Å². The van der Waals surface area contributed by atoms with Crippen molar-refractivity contribution in [2.24, 2.45) is 0 Å². The molecule has 8 heteroatoms. The van der Waals surface area contributed by atoms with Gasteiger partial charge in [-0.3, -0.25) is 9.59 Å². The lowest BCUT2D eigenvalue weighted by Crippen LogP contribution is -2.39. The predicted octanol–water partition coefficient (Wildman–Crippen LogP) is 3.11. The number of anilines is 2. The lowest BCUT2D eigenvalue weighted by Gasteiger charge is -2.36. The molecule has 3 heterocycles. The summed E-state index contributed by atoms with van der Waals surface area (Å²) in [6.07, 6.45) is 4.26. The third-order valence-electron chi connectivity index (χ3n) is 7.25. The number of likely N-dealkylation sites (N-methyl/N-ethyl adjacent to an activating group) is 1. The number of morpholine rings is 1. The van der Waals surface area contributed by atoms with Crippen LogP contribution in [0.5, 0.6) is 5.75 Å². The van der Waals surface area contributed by atoms with Gasteiger partial charge in [0, 0.05) is 69.1 Å². The second kappa shape index (κ2) is 9.77. The van der Waals surface area contributed by atoms with Gasteiger partial charge in [0.25, 0.3) is 0 Å². The third kappa shape index (κ3) is 4.55. The largest absolute Gasteiger partial charge is 0.497 e. The molecule has 2 unspecified atom stereocenters. The van der Waals surface area contributed by atoms with Gasteiger partial charge in [0.2, 0.25) is 5.91 Å². The number of methoxy groups -OCH3 is 1. The van der Waals surface area contributed by atoms with E-state index in [4.69, 9.17) is 13.9 Å². The van der Waals surface area contributed by atoms with Crippen LogP contribution in [0.2, 0.25) is 0 Å². The van der Waals surface area contributed by atoms with Crippen molar-refractivity contribution in [2.45, 2.75) is 31.2 Å². The molecule has 0 saturated carbocycles. The first-order valence-electron chi connectivity index (χ1n) is 12.3. The minimum Gasteiger partial charge on any atom is -0.497 e. The molecule has 0 N–H and O–H groups in total. The Bertz CT molecular complexity index is 1180. The first kappa shape index (κ1) is 23.5. The molecule has 2 aliphatic heterocycles. The summed E-state index contributed by atoms with van der Waals surface area (Å²) in [7, 11) is 5.16. The average molecular weight is 480 g/mol. The highest BCUT2D eigenvalue weighted by atomic mass is 16.5. The fourth-order valence-corrected chi connectivity index (χ4v) is 5.50. The molecule has 186 valence electrons. The minimum atomic E-state index is -0.115. The van der Waals surface area contributed by atoms with Crippen LogP contribution in [0.4, 0.5) is 11.6 Å². The second-order valence-corrected chi connectivity index (χ2v) is 9.61. The summed E-state index contributed by atoms with van der Waals surface area (Å²) in [5, 5.41) is 0. The van der Waals surface area contributed by atoms with Crippen molar-refractivity contribution in [3.63, 3.8) is 0 Å². The number of fused-ring (bicyclic) bond motifs is 1. The van der Waals surface area contributed by atoms with Crippen LogP contribution >= 0.6 is 0 Å². The van der Waals surface area contributed by atoms with Gasteiger partial charge in [-0.15, -0.1) is 0 Å². The van der Waals surface area contributed by atoms with Crippen LogP contribution in [-0.2, 0) is 9.53 Å². The molecular weight excluding hydrogens is 446 g/mol. The molecule has 1 amide bonds. The van der Waals surface area contributed by atoms with Crippen LogP contribution in [0.15, 0.2) is 45.1 Å². The summed E-state index contributed by atoms with van der Waals surface area (Å²) in [5.41, 5.74) is 2.12. The number of rotatable bonds is 5. The van der Waals surface area contributed by atoms with Gasteiger partial charge in [0.05, 0.1) is 25.9 Å². The Morgan fingerprint density at radius 3 is 2.69 bits per heavy atom. The molecule has 2 aromatic rings. The topological polar surface area (TPSA) is 75.5 Å². The maximum absolute atomic E-state index is 13.3. The average Bonchev–Trinajstić information content (AvgIpc) is 3.38. The molecule has 5 rings (SSSR count). The number of benzene rings is 1. The van der Waals surface area contributed by atoms with E-state index in [9.17, 15) is 9.59 Å². The number of carbonyl (C=O) groups is 1. The highest BCUT2D eigenvalue weighted by molar-refractivity contribution is 5.98. The minimum absolute atomic E-state index is 0.0665. The number of carbonyl (C=O) groups excluding carboxylic acids is 1. The number of amides is 1. The number of ether oxygens (including phenoxy) is 2. The van der Waals surface area contributed by atoms with Crippen molar-refractivity contribution in [3.05, 3.63) is 57.5 Å².